The van der Waals surface area contributed by atoms with Crippen molar-refractivity contribution in [3.63, 3.8) is 0 Å². The third kappa shape index (κ3) is 4.06. The normalized spacial score (nSPS) is 18.4. The average Bonchev–Trinajstić information content (AvgIpc) is 2.47. The number of nitrogens with zero attached hydrogens (tertiary/aromatic N) is 3. The van der Waals surface area contributed by atoms with Gasteiger partial charge in [0, 0.05) is 24.8 Å². The minimum absolute atomic E-state index is 0.0987. The predicted octanol–water partition coefficient (Wildman–Crippen LogP) is 1.96. The zero-order chi connectivity index (χ0) is 15.2. The van der Waals surface area contributed by atoms with Crippen LogP contribution < -0.4 is 9.64 Å². The summed E-state index contributed by atoms with van der Waals surface area (Å²) in [6.45, 7) is 8.12. The van der Waals surface area contributed by atoms with Crippen molar-refractivity contribution in [2.24, 2.45) is 5.92 Å². The quantitative estimate of drug-likeness (QED) is 0.773. The topological polar surface area (TPSA) is 64.5 Å². The van der Waals surface area contributed by atoms with Gasteiger partial charge in [-0.15, -0.1) is 0 Å². The maximum atomic E-state index is 11.9. The molecular formula is C15H23N3O3. The van der Waals surface area contributed by atoms with Gasteiger partial charge < -0.3 is 14.4 Å². The number of hydrogen-bond acceptors (Lipinski definition) is 6. The molecule has 1 aliphatic rings. The summed E-state index contributed by atoms with van der Waals surface area (Å²) in [5.41, 5.74) is 0.863. The first-order valence-corrected chi connectivity index (χ1v) is 7.54. The van der Waals surface area contributed by atoms with Crippen LogP contribution in [0.5, 0.6) is 5.88 Å². The summed E-state index contributed by atoms with van der Waals surface area (Å²) in [4.78, 5) is 22.8. The van der Waals surface area contributed by atoms with E-state index in [2.05, 4.69) is 9.97 Å². The van der Waals surface area contributed by atoms with Gasteiger partial charge in [0.15, 0.2) is 0 Å². The molecule has 0 aromatic carbocycles. The molecule has 1 aliphatic heterocycles. The number of ether oxygens (including phenoxy) is 2. The second-order valence-corrected chi connectivity index (χ2v) is 5.12. The number of anilines is 1. The van der Waals surface area contributed by atoms with Crippen LogP contribution >= 0.6 is 0 Å². The Morgan fingerprint density at radius 1 is 1.38 bits per heavy atom. The van der Waals surface area contributed by atoms with Crippen molar-refractivity contribution in [3.05, 3.63) is 11.8 Å². The van der Waals surface area contributed by atoms with E-state index < -0.39 is 0 Å². The van der Waals surface area contributed by atoms with Gasteiger partial charge in [-0.3, -0.25) is 4.79 Å². The Kier molecular flexibility index (Phi) is 5.36. The molecule has 1 fully saturated rings. The molecule has 6 nitrogen and oxygen atoms in total. The Morgan fingerprint density at radius 2 is 2.19 bits per heavy atom. The lowest BCUT2D eigenvalue weighted by Gasteiger charge is -2.31. The SMILES string of the molecule is CCOC(=O)C1CCCN(c2nc(C)cc(OCC)n2)C1. The first-order chi connectivity index (χ1) is 10.1. The zero-order valence-corrected chi connectivity index (χ0v) is 13.0. The van der Waals surface area contributed by atoms with E-state index in [4.69, 9.17) is 9.47 Å². The number of piperidine rings is 1. The van der Waals surface area contributed by atoms with Crippen LogP contribution in [0.3, 0.4) is 0 Å². The van der Waals surface area contributed by atoms with Crippen molar-refractivity contribution in [3.8, 4) is 5.88 Å². The number of esters is 1. The molecule has 116 valence electrons. The van der Waals surface area contributed by atoms with Crippen LogP contribution in [-0.2, 0) is 9.53 Å². The lowest BCUT2D eigenvalue weighted by molar-refractivity contribution is -0.148. The Bertz CT molecular complexity index is 493. The van der Waals surface area contributed by atoms with Crippen molar-refractivity contribution in [1.82, 2.24) is 9.97 Å². The van der Waals surface area contributed by atoms with Crippen LogP contribution in [0.15, 0.2) is 6.07 Å². The van der Waals surface area contributed by atoms with Gasteiger partial charge in [0.05, 0.1) is 19.1 Å². The monoisotopic (exact) mass is 293 g/mol. The van der Waals surface area contributed by atoms with E-state index in [1.54, 1.807) is 0 Å². The third-order valence-corrected chi connectivity index (χ3v) is 3.44. The summed E-state index contributed by atoms with van der Waals surface area (Å²) in [5, 5.41) is 0. The zero-order valence-electron chi connectivity index (χ0n) is 13.0. The number of carbonyl (C=O) groups is 1. The van der Waals surface area contributed by atoms with E-state index in [0.29, 0.717) is 31.6 Å². The number of aryl methyl sites for hydroxylation is 1. The molecule has 2 rings (SSSR count). The van der Waals surface area contributed by atoms with Gasteiger partial charge >= 0.3 is 5.97 Å². The minimum Gasteiger partial charge on any atom is -0.478 e. The van der Waals surface area contributed by atoms with Crippen molar-refractivity contribution in [1.29, 1.82) is 0 Å². The van der Waals surface area contributed by atoms with Crippen LogP contribution in [0, 0.1) is 12.8 Å². The molecule has 1 aromatic heterocycles. The second kappa shape index (κ2) is 7.24. The Balaban J connectivity index is 2.11. The number of aromatic nitrogens is 2. The molecule has 1 aromatic rings. The standard InChI is InChI=1S/C15H23N3O3/c1-4-20-13-9-11(3)16-15(17-13)18-8-6-7-12(10-18)14(19)21-5-2/h9,12H,4-8,10H2,1-3H3. The first-order valence-electron chi connectivity index (χ1n) is 7.54. The second-order valence-electron chi connectivity index (χ2n) is 5.12. The molecular weight excluding hydrogens is 270 g/mol. The largest absolute Gasteiger partial charge is 0.478 e. The molecule has 1 unspecified atom stereocenters. The van der Waals surface area contributed by atoms with Gasteiger partial charge in [-0.05, 0) is 33.6 Å². The molecule has 0 saturated carbocycles. The summed E-state index contributed by atoms with van der Waals surface area (Å²) in [7, 11) is 0. The Morgan fingerprint density at radius 3 is 2.90 bits per heavy atom. The van der Waals surface area contributed by atoms with Gasteiger partial charge in [0.25, 0.3) is 0 Å². The van der Waals surface area contributed by atoms with Crippen LogP contribution in [0.25, 0.3) is 0 Å². The molecule has 1 saturated heterocycles. The van der Waals surface area contributed by atoms with E-state index in [1.807, 2.05) is 31.7 Å². The maximum Gasteiger partial charge on any atom is 0.310 e. The summed E-state index contributed by atoms with van der Waals surface area (Å²) < 4.78 is 10.6. The Labute approximate surface area is 125 Å². The van der Waals surface area contributed by atoms with E-state index >= 15 is 0 Å². The van der Waals surface area contributed by atoms with E-state index in [0.717, 1.165) is 25.1 Å². The predicted molar refractivity (Wildman–Crippen MR) is 79.5 cm³/mol. The van der Waals surface area contributed by atoms with Crippen LogP contribution in [-0.4, -0.2) is 42.2 Å². The van der Waals surface area contributed by atoms with Gasteiger partial charge in [0.2, 0.25) is 11.8 Å². The fourth-order valence-electron chi connectivity index (χ4n) is 2.50. The van der Waals surface area contributed by atoms with E-state index in [9.17, 15) is 4.79 Å². The van der Waals surface area contributed by atoms with Gasteiger partial charge in [0.1, 0.15) is 0 Å². The van der Waals surface area contributed by atoms with Crippen molar-refractivity contribution >= 4 is 11.9 Å². The molecule has 0 bridgehead atoms. The number of carbonyl (C=O) groups excluding carboxylic acids is 1. The van der Waals surface area contributed by atoms with E-state index in [-0.39, 0.29) is 11.9 Å². The molecule has 0 N–H and O–H groups in total. The fraction of sp³-hybridized carbons (Fsp3) is 0.667. The van der Waals surface area contributed by atoms with Gasteiger partial charge in [-0.1, -0.05) is 0 Å². The van der Waals surface area contributed by atoms with Crippen molar-refractivity contribution < 1.29 is 14.3 Å². The number of rotatable bonds is 5. The maximum absolute atomic E-state index is 11.9. The highest BCUT2D eigenvalue weighted by Gasteiger charge is 2.28. The summed E-state index contributed by atoms with van der Waals surface area (Å²) in [5.74, 6) is 0.990. The number of hydrogen-bond donors (Lipinski definition) is 0. The minimum atomic E-state index is -0.125. The fourth-order valence-corrected chi connectivity index (χ4v) is 2.50. The lowest BCUT2D eigenvalue weighted by Crippen LogP contribution is -2.40. The average molecular weight is 293 g/mol. The van der Waals surface area contributed by atoms with Gasteiger partial charge in [-0.25, -0.2) is 4.98 Å². The Hall–Kier alpha value is -1.85. The van der Waals surface area contributed by atoms with E-state index in [1.165, 1.54) is 0 Å². The molecule has 0 radical (unpaired) electrons. The van der Waals surface area contributed by atoms with Crippen LogP contribution in [0.2, 0.25) is 0 Å². The molecule has 6 heteroatoms. The van der Waals surface area contributed by atoms with Crippen LogP contribution in [0.1, 0.15) is 32.4 Å². The third-order valence-electron chi connectivity index (χ3n) is 3.44. The molecule has 0 amide bonds. The first kappa shape index (κ1) is 15.5. The van der Waals surface area contributed by atoms with Crippen molar-refractivity contribution in [2.75, 3.05) is 31.2 Å². The summed E-state index contributed by atoms with van der Waals surface area (Å²) >= 11 is 0. The highest BCUT2D eigenvalue weighted by Crippen LogP contribution is 2.23. The molecule has 0 aliphatic carbocycles. The highest BCUT2D eigenvalue weighted by molar-refractivity contribution is 5.73. The molecule has 2 heterocycles. The molecule has 1 atom stereocenters. The smallest absolute Gasteiger partial charge is 0.310 e. The van der Waals surface area contributed by atoms with Crippen LogP contribution in [0.4, 0.5) is 5.95 Å². The summed E-state index contributed by atoms with van der Waals surface area (Å²) in [6.07, 6.45) is 1.80. The van der Waals surface area contributed by atoms with Crippen molar-refractivity contribution in [2.45, 2.75) is 33.6 Å². The molecule has 0 spiro atoms. The summed E-state index contributed by atoms with van der Waals surface area (Å²) in [6, 6.07) is 1.82. The lowest BCUT2D eigenvalue weighted by atomic mass is 9.98. The molecule has 21 heavy (non-hydrogen) atoms. The van der Waals surface area contributed by atoms with Gasteiger partial charge in [-0.2, -0.15) is 4.98 Å². The highest BCUT2D eigenvalue weighted by atomic mass is 16.5.